The molecule has 0 aromatic carbocycles. The predicted molar refractivity (Wildman–Crippen MR) is 87.4 cm³/mol. The van der Waals surface area contributed by atoms with E-state index in [1.165, 1.54) is 19.3 Å². The summed E-state index contributed by atoms with van der Waals surface area (Å²) in [7, 11) is 0. The first-order valence-electron chi connectivity index (χ1n) is 7.11. The van der Waals surface area contributed by atoms with Gasteiger partial charge in [-0.05, 0) is 54.3 Å². The van der Waals surface area contributed by atoms with E-state index < -0.39 is 0 Å². The molecule has 5 heteroatoms. The summed E-state index contributed by atoms with van der Waals surface area (Å²) >= 11 is 2.33. The van der Waals surface area contributed by atoms with E-state index in [9.17, 15) is 0 Å². The minimum atomic E-state index is 0.566. The SMILES string of the molecule is CC(C)CNCC1CCCCN1c1ncncc1I. The van der Waals surface area contributed by atoms with Gasteiger partial charge in [0, 0.05) is 25.3 Å². The Morgan fingerprint density at radius 2 is 2.32 bits per heavy atom. The lowest BCUT2D eigenvalue weighted by atomic mass is 10.0. The van der Waals surface area contributed by atoms with Crippen LogP contribution in [-0.4, -0.2) is 35.6 Å². The Morgan fingerprint density at radius 3 is 3.05 bits per heavy atom. The summed E-state index contributed by atoms with van der Waals surface area (Å²) in [6.07, 6.45) is 7.40. The molecule has 1 aromatic rings. The highest BCUT2D eigenvalue weighted by atomic mass is 127. The quantitative estimate of drug-likeness (QED) is 0.805. The van der Waals surface area contributed by atoms with Gasteiger partial charge in [-0.3, -0.25) is 0 Å². The van der Waals surface area contributed by atoms with Crippen LogP contribution < -0.4 is 10.2 Å². The van der Waals surface area contributed by atoms with Gasteiger partial charge >= 0.3 is 0 Å². The number of piperidine rings is 1. The van der Waals surface area contributed by atoms with Gasteiger partial charge in [-0.15, -0.1) is 0 Å². The number of nitrogens with one attached hydrogen (secondary N) is 1. The normalized spacial score (nSPS) is 20.0. The molecule has 19 heavy (non-hydrogen) atoms. The smallest absolute Gasteiger partial charge is 0.145 e. The Kier molecular flexibility index (Phi) is 5.81. The zero-order valence-electron chi connectivity index (χ0n) is 11.8. The van der Waals surface area contributed by atoms with Gasteiger partial charge in [0.2, 0.25) is 0 Å². The molecule has 0 bridgehead atoms. The van der Waals surface area contributed by atoms with Crippen LogP contribution in [0.4, 0.5) is 5.82 Å². The molecule has 2 heterocycles. The van der Waals surface area contributed by atoms with Crippen molar-refractivity contribution < 1.29 is 0 Å². The van der Waals surface area contributed by atoms with E-state index in [1.54, 1.807) is 6.33 Å². The van der Waals surface area contributed by atoms with E-state index in [0.29, 0.717) is 12.0 Å². The second kappa shape index (κ2) is 7.38. The summed E-state index contributed by atoms with van der Waals surface area (Å²) in [6, 6.07) is 0.566. The van der Waals surface area contributed by atoms with E-state index >= 15 is 0 Å². The predicted octanol–water partition coefficient (Wildman–Crippen LogP) is 2.69. The minimum Gasteiger partial charge on any atom is -0.351 e. The molecule has 0 spiro atoms. The summed E-state index contributed by atoms with van der Waals surface area (Å²) in [5.41, 5.74) is 0. The third-order valence-corrected chi connectivity index (χ3v) is 4.24. The van der Waals surface area contributed by atoms with Gasteiger partial charge in [-0.2, -0.15) is 0 Å². The van der Waals surface area contributed by atoms with Crippen LogP contribution in [0, 0.1) is 9.49 Å². The van der Waals surface area contributed by atoms with E-state index in [-0.39, 0.29) is 0 Å². The van der Waals surface area contributed by atoms with E-state index in [2.05, 4.69) is 56.6 Å². The number of aromatic nitrogens is 2. The fraction of sp³-hybridized carbons (Fsp3) is 0.714. The molecule has 2 rings (SSSR count). The first-order chi connectivity index (χ1) is 9.18. The average molecular weight is 374 g/mol. The van der Waals surface area contributed by atoms with Crippen LogP contribution in [0.5, 0.6) is 0 Å². The fourth-order valence-electron chi connectivity index (χ4n) is 2.55. The minimum absolute atomic E-state index is 0.566. The molecule has 1 aromatic heterocycles. The fourth-order valence-corrected chi connectivity index (χ4v) is 3.16. The lowest BCUT2D eigenvalue weighted by Crippen LogP contribution is -2.46. The van der Waals surface area contributed by atoms with Crippen molar-refractivity contribution in [2.24, 2.45) is 5.92 Å². The van der Waals surface area contributed by atoms with Crippen molar-refractivity contribution in [3.63, 3.8) is 0 Å². The van der Waals surface area contributed by atoms with Crippen molar-refractivity contribution in [3.8, 4) is 0 Å². The summed E-state index contributed by atoms with van der Waals surface area (Å²) in [4.78, 5) is 11.0. The van der Waals surface area contributed by atoms with Crippen LogP contribution in [0.3, 0.4) is 0 Å². The largest absolute Gasteiger partial charge is 0.351 e. The first-order valence-corrected chi connectivity index (χ1v) is 8.19. The Bertz CT molecular complexity index is 397. The van der Waals surface area contributed by atoms with E-state index in [0.717, 1.165) is 29.0 Å². The number of halogens is 1. The van der Waals surface area contributed by atoms with Gasteiger partial charge in [0.1, 0.15) is 12.1 Å². The van der Waals surface area contributed by atoms with E-state index in [1.807, 2.05) is 6.20 Å². The molecule has 1 atom stereocenters. The van der Waals surface area contributed by atoms with Gasteiger partial charge in [-0.1, -0.05) is 13.8 Å². The summed E-state index contributed by atoms with van der Waals surface area (Å²) < 4.78 is 1.15. The Labute approximate surface area is 129 Å². The first kappa shape index (κ1) is 15.0. The Morgan fingerprint density at radius 1 is 1.47 bits per heavy atom. The van der Waals surface area contributed by atoms with Crippen LogP contribution in [0.15, 0.2) is 12.5 Å². The zero-order valence-corrected chi connectivity index (χ0v) is 13.9. The maximum atomic E-state index is 4.47. The number of nitrogens with zero attached hydrogens (tertiary/aromatic N) is 3. The molecule has 1 fully saturated rings. The maximum Gasteiger partial charge on any atom is 0.145 e. The topological polar surface area (TPSA) is 41.0 Å². The summed E-state index contributed by atoms with van der Waals surface area (Å²) in [6.45, 7) is 7.75. The lowest BCUT2D eigenvalue weighted by Gasteiger charge is -2.37. The standard InChI is InChI=1S/C14H23IN4/c1-11(2)7-16-8-12-5-3-4-6-19(12)14-13(15)9-17-10-18-14/h9-12,16H,3-8H2,1-2H3. The van der Waals surface area contributed by atoms with Gasteiger partial charge < -0.3 is 10.2 Å². The molecule has 0 aliphatic carbocycles. The molecule has 1 aliphatic rings. The molecule has 106 valence electrons. The third kappa shape index (κ3) is 4.27. The van der Waals surface area contributed by atoms with Crippen molar-refractivity contribution in [3.05, 3.63) is 16.1 Å². The molecule has 4 nitrogen and oxygen atoms in total. The number of hydrogen-bond donors (Lipinski definition) is 1. The van der Waals surface area contributed by atoms with Gasteiger partial charge in [0.05, 0.1) is 3.57 Å². The van der Waals surface area contributed by atoms with Crippen molar-refractivity contribution in [2.75, 3.05) is 24.5 Å². The number of rotatable bonds is 5. The highest BCUT2D eigenvalue weighted by Crippen LogP contribution is 2.26. The van der Waals surface area contributed by atoms with Gasteiger partial charge in [0.15, 0.2) is 0 Å². The van der Waals surface area contributed by atoms with Crippen LogP contribution >= 0.6 is 22.6 Å². The molecule has 0 radical (unpaired) electrons. The summed E-state index contributed by atoms with van der Waals surface area (Å²) in [5, 5.41) is 3.59. The maximum absolute atomic E-state index is 4.47. The monoisotopic (exact) mass is 374 g/mol. The molecule has 0 amide bonds. The molecule has 0 saturated carbocycles. The number of hydrogen-bond acceptors (Lipinski definition) is 4. The van der Waals surface area contributed by atoms with Crippen LogP contribution in [0.25, 0.3) is 0 Å². The van der Waals surface area contributed by atoms with Crippen LogP contribution in [0.2, 0.25) is 0 Å². The van der Waals surface area contributed by atoms with E-state index in [4.69, 9.17) is 0 Å². The van der Waals surface area contributed by atoms with Crippen LogP contribution in [-0.2, 0) is 0 Å². The average Bonchev–Trinajstić information content (AvgIpc) is 2.40. The second-order valence-electron chi connectivity index (χ2n) is 5.59. The molecule has 1 saturated heterocycles. The highest BCUT2D eigenvalue weighted by molar-refractivity contribution is 14.1. The lowest BCUT2D eigenvalue weighted by molar-refractivity contribution is 0.420. The zero-order chi connectivity index (χ0) is 13.7. The summed E-state index contributed by atoms with van der Waals surface area (Å²) in [5.74, 6) is 1.81. The second-order valence-corrected chi connectivity index (χ2v) is 6.75. The highest BCUT2D eigenvalue weighted by Gasteiger charge is 2.24. The van der Waals surface area contributed by atoms with Crippen molar-refractivity contribution >= 4 is 28.4 Å². The van der Waals surface area contributed by atoms with Crippen molar-refractivity contribution in [1.82, 2.24) is 15.3 Å². The Hall–Kier alpha value is -0.430. The molecule has 1 aliphatic heterocycles. The van der Waals surface area contributed by atoms with Crippen molar-refractivity contribution in [1.29, 1.82) is 0 Å². The molecular formula is C14H23IN4. The molecule has 1 N–H and O–H groups in total. The molecule has 1 unspecified atom stereocenters. The third-order valence-electron chi connectivity index (χ3n) is 3.48. The van der Waals surface area contributed by atoms with Gasteiger partial charge in [0.25, 0.3) is 0 Å². The molecular weight excluding hydrogens is 351 g/mol. The van der Waals surface area contributed by atoms with Crippen molar-refractivity contribution in [2.45, 2.75) is 39.2 Å². The Balaban J connectivity index is 2.02. The van der Waals surface area contributed by atoms with Gasteiger partial charge in [-0.25, -0.2) is 9.97 Å². The number of anilines is 1. The van der Waals surface area contributed by atoms with Crippen LogP contribution in [0.1, 0.15) is 33.1 Å².